The van der Waals surface area contributed by atoms with Gasteiger partial charge in [-0.2, -0.15) is 5.10 Å². The fourth-order valence-corrected chi connectivity index (χ4v) is 1.82. The summed E-state index contributed by atoms with van der Waals surface area (Å²) in [6.45, 7) is 1.97. The van der Waals surface area contributed by atoms with Gasteiger partial charge in [-0.05, 0) is 18.4 Å². The lowest BCUT2D eigenvalue weighted by Crippen LogP contribution is -1.94. The SMILES string of the molecule is Cc1cc(Nc2nccc3ccccc23)n[nH]1. The van der Waals surface area contributed by atoms with Crippen molar-refractivity contribution in [2.24, 2.45) is 0 Å². The Kier molecular flexibility index (Phi) is 2.26. The standard InChI is InChI=1S/C13H12N4/c1-9-8-12(17-16-9)15-13-11-5-3-2-4-10(11)6-7-14-13/h2-8H,1H3,(H2,14,15,16,17). The summed E-state index contributed by atoms with van der Waals surface area (Å²) in [4.78, 5) is 4.35. The molecule has 0 radical (unpaired) electrons. The molecule has 4 nitrogen and oxygen atoms in total. The number of fused-ring (bicyclic) bond motifs is 1. The number of pyridine rings is 1. The third kappa shape index (κ3) is 1.85. The van der Waals surface area contributed by atoms with E-state index in [4.69, 9.17) is 0 Å². The molecule has 0 unspecified atom stereocenters. The molecule has 17 heavy (non-hydrogen) atoms. The molecular weight excluding hydrogens is 212 g/mol. The fraction of sp³-hybridized carbons (Fsp3) is 0.0769. The number of aromatic amines is 1. The van der Waals surface area contributed by atoms with Crippen LogP contribution in [0.15, 0.2) is 42.6 Å². The molecule has 2 heterocycles. The van der Waals surface area contributed by atoms with E-state index < -0.39 is 0 Å². The van der Waals surface area contributed by atoms with Crippen LogP contribution in [0, 0.1) is 6.92 Å². The monoisotopic (exact) mass is 224 g/mol. The lowest BCUT2D eigenvalue weighted by molar-refractivity contribution is 1.05. The minimum atomic E-state index is 0.784. The van der Waals surface area contributed by atoms with Crippen molar-refractivity contribution >= 4 is 22.4 Å². The number of H-pyrrole nitrogens is 1. The van der Waals surface area contributed by atoms with Crippen molar-refractivity contribution in [1.29, 1.82) is 0 Å². The van der Waals surface area contributed by atoms with E-state index in [9.17, 15) is 0 Å². The van der Waals surface area contributed by atoms with Crippen LogP contribution < -0.4 is 5.32 Å². The number of anilines is 2. The van der Waals surface area contributed by atoms with Gasteiger partial charge in [0.05, 0.1) is 0 Å². The van der Waals surface area contributed by atoms with Crippen LogP contribution in [-0.2, 0) is 0 Å². The molecule has 84 valence electrons. The lowest BCUT2D eigenvalue weighted by atomic mass is 10.1. The van der Waals surface area contributed by atoms with Gasteiger partial charge in [0.2, 0.25) is 0 Å². The molecule has 3 aromatic rings. The van der Waals surface area contributed by atoms with Gasteiger partial charge in [0.15, 0.2) is 5.82 Å². The predicted molar refractivity (Wildman–Crippen MR) is 68.4 cm³/mol. The molecule has 0 aliphatic heterocycles. The van der Waals surface area contributed by atoms with E-state index in [0.717, 1.165) is 28.1 Å². The van der Waals surface area contributed by atoms with Crippen molar-refractivity contribution < 1.29 is 0 Å². The van der Waals surface area contributed by atoms with E-state index >= 15 is 0 Å². The topological polar surface area (TPSA) is 53.6 Å². The average molecular weight is 224 g/mol. The quantitative estimate of drug-likeness (QED) is 0.703. The number of nitrogens with one attached hydrogen (secondary N) is 2. The molecule has 0 bridgehead atoms. The van der Waals surface area contributed by atoms with Gasteiger partial charge < -0.3 is 5.32 Å². The summed E-state index contributed by atoms with van der Waals surface area (Å²) in [7, 11) is 0. The van der Waals surface area contributed by atoms with Crippen LogP contribution in [0.2, 0.25) is 0 Å². The molecule has 0 atom stereocenters. The summed E-state index contributed by atoms with van der Waals surface area (Å²) in [5.74, 6) is 1.61. The van der Waals surface area contributed by atoms with Gasteiger partial charge in [0.1, 0.15) is 5.82 Å². The third-order valence-corrected chi connectivity index (χ3v) is 2.63. The molecule has 0 saturated carbocycles. The van der Waals surface area contributed by atoms with Crippen molar-refractivity contribution in [3.05, 3.63) is 48.3 Å². The van der Waals surface area contributed by atoms with Crippen molar-refractivity contribution in [2.75, 3.05) is 5.32 Å². The van der Waals surface area contributed by atoms with E-state index in [1.165, 1.54) is 0 Å². The Morgan fingerprint density at radius 1 is 1.18 bits per heavy atom. The maximum absolute atomic E-state index is 4.35. The first kappa shape index (κ1) is 9.84. The predicted octanol–water partition coefficient (Wildman–Crippen LogP) is 3.01. The summed E-state index contributed by atoms with van der Waals surface area (Å²) < 4.78 is 0. The Morgan fingerprint density at radius 2 is 2.06 bits per heavy atom. The van der Waals surface area contributed by atoms with E-state index in [-0.39, 0.29) is 0 Å². The Hall–Kier alpha value is -2.36. The number of hydrogen-bond acceptors (Lipinski definition) is 3. The smallest absolute Gasteiger partial charge is 0.153 e. The Balaban J connectivity index is 2.05. The molecule has 0 saturated heterocycles. The molecule has 1 aromatic carbocycles. The van der Waals surface area contributed by atoms with Crippen LogP contribution in [0.5, 0.6) is 0 Å². The van der Waals surface area contributed by atoms with E-state index in [1.807, 2.05) is 37.3 Å². The first-order valence-electron chi connectivity index (χ1n) is 5.46. The van der Waals surface area contributed by atoms with Crippen LogP contribution >= 0.6 is 0 Å². The maximum Gasteiger partial charge on any atom is 0.153 e. The zero-order valence-electron chi connectivity index (χ0n) is 9.44. The molecule has 2 aromatic heterocycles. The van der Waals surface area contributed by atoms with Crippen molar-refractivity contribution in [1.82, 2.24) is 15.2 Å². The van der Waals surface area contributed by atoms with Crippen LogP contribution in [0.3, 0.4) is 0 Å². The number of rotatable bonds is 2. The van der Waals surface area contributed by atoms with Gasteiger partial charge in [0, 0.05) is 23.3 Å². The number of hydrogen-bond donors (Lipinski definition) is 2. The van der Waals surface area contributed by atoms with Crippen LogP contribution in [0.25, 0.3) is 10.8 Å². The fourth-order valence-electron chi connectivity index (χ4n) is 1.82. The zero-order chi connectivity index (χ0) is 11.7. The van der Waals surface area contributed by atoms with Crippen molar-refractivity contribution in [3.63, 3.8) is 0 Å². The number of benzene rings is 1. The highest BCUT2D eigenvalue weighted by molar-refractivity contribution is 5.92. The highest BCUT2D eigenvalue weighted by Crippen LogP contribution is 2.23. The second-order valence-corrected chi connectivity index (χ2v) is 3.94. The molecule has 0 fully saturated rings. The summed E-state index contributed by atoms with van der Waals surface area (Å²) in [5, 5.41) is 12.5. The summed E-state index contributed by atoms with van der Waals surface area (Å²) in [6, 6.07) is 12.1. The molecule has 0 aliphatic rings. The average Bonchev–Trinajstić information content (AvgIpc) is 2.75. The van der Waals surface area contributed by atoms with E-state index in [1.54, 1.807) is 6.20 Å². The highest BCUT2D eigenvalue weighted by Gasteiger charge is 2.03. The van der Waals surface area contributed by atoms with Gasteiger partial charge >= 0.3 is 0 Å². The van der Waals surface area contributed by atoms with Crippen LogP contribution in [0.4, 0.5) is 11.6 Å². The van der Waals surface area contributed by atoms with Gasteiger partial charge in [-0.15, -0.1) is 0 Å². The van der Waals surface area contributed by atoms with E-state index in [2.05, 4.69) is 26.6 Å². The molecular formula is C13H12N4. The van der Waals surface area contributed by atoms with Crippen molar-refractivity contribution in [3.8, 4) is 0 Å². The van der Waals surface area contributed by atoms with E-state index in [0.29, 0.717) is 0 Å². The summed E-state index contributed by atoms with van der Waals surface area (Å²) >= 11 is 0. The maximum atomic E-state index is 4.35. The molecule has 0 aliphatic carbocycles. The Bertz CT molecular complexity index is 652. The number of nitrogens with zero attached hydrogens (tertiary/aromatic N) is 2. The highest BCUT2D eigenvalue weighted by atomic mass is 15.2. The number of aryl methyl sites for hydroxylation is 1. The Morgan fingerprint density at radius 3 is 2.88 bits per heavy atom. The molecule has 0 spiro atoms. The number of aromatic nitrogens is 3. The molecule has 0 amide bonds. The molecule has 4 heteroatoms. The van der Waals surface area contributed by atoms with Gasteiger partial charge in [-0.25, -0.2) is 4.98 Å². The van der Waals surface area contributed by atoms with Crippen molar-refractivity contribution in [2.45, 2.75) is 6.92 Å². The molecule has 3 rings (SSSR count). The second-order valence-electron chi connectivity index (χ2n) is 3.94. The van der Waals surface area contributed by atoms with Crippen LogP contribution in [0.1, 0.15) is 5.69 Å². The summed E-state index contributed by atoms with van der Waals surface area (Å²) in [6.07, 6.45) is 1.80. The minimum Gasteiger partial charge on any atom is -0.323 e. The Labute approximate surface area is 98.7 Å². The lowest BCUT2D eigenvalue weighted by Gasteiger charge is -2.05. The third-order valence-electron chi connectivity index (χ3n) is 2.63. The zero-order valence-corrected chi connectivity index (χ0v) is 9.44. The first-order valence-corrected chi connectivity index (χ1v) is 5.46. The minimum absolute atomic E-state index is 0.784. The molecule has 2 N–H and O–H groups in total. The van der Waals surface area contributed by atoms with Gasteiger partial charge in [-0.3, -0.25) is 5.10 Å². The van der Waals surface area contributed by atoms with Gasteiger partial charge in [0.25, 0.3) is 0 Å². The largest absolute Gasteiger partial charge is 0.323 e. The normalized spacial score (nSPS) is 10.6. The van der Waals surface area contributed by atoms with Crippen LogP contribution in [-0.4, -0.2) is 15.2 Å². The second kappa shape index (κ2) is 3.90. The first-order chi connectivity index (χ1) is 8.33. The summed E-state index contributed by atoms with van der Waals surface area (Å²) in [5.41, 5.74) is 1.02. The van der Waals surface area contributed by atoms with Gasteiger partial charge in [-0.1, -0.05) is 24.3 Å².